The van der Waals surface area contributed by atoms with E-state index in [2.05, 4.69) is 166 Å². The molecule has 1 aliphatic rings. The van der Waals surface area contributed by atoms with Gasteiger partial charge in [0.1, 0.15) is 11.2 Å². The zero-order valence-corrected chi connectivity index (χ0v) is 30.0. The monoisotopic (exact) mass is 690 g/mol. The fourth-order valence-corrected chi connectivity index (χ4v) is 8.88. The van der Waals surface area contributed by atoms with Crippen molar-refractivity contribution in [1.29, 1.82) is 0 Å². The molecular weight excluding hydrogens is 657 g/mol. The maximum absolute atomic E-state index is 6.30. The first kappa shape index (κ1) is 30.8. The summed E-state index contributed by atoms with van der Waals surface area (Å²) in [6.07, 6.45) is 0. The first-order valence-corrected chi connectivity index (χ1v) is 18.6. The molecule has 0 aliphatic heterocycles. The number of para-hydroxylation sites is 1. The van der Waals surface area contributed by atoms with Gasteiger partial charge in [-0.15, -0.1) is 0 Å². The molecular formula is C51H34N2O. The van der Waals surface area contributed by atoms with E-state index >= 15 is 0 Å². The molecule has 0 unspecified atom stereocenters. The lowest BCUT2D eigenvalue weighted by Gasteiger charge is -2.25. The Morgan fingerprint density at radius 1 is 0.407 bits per heavy atom. The van der Waals surface area contributed by atoms with Crippen molar-refractivity contribution < 1.29 is 4.42 Å². The fourth-order valence-electron chi connectivity index (χ4n) is 8.88. The number of furan rings is 1. The van der Waals surface area contributed by atoms with Crippen LogP contribution in [0, 0.1) is 0 Å². The van der Waals surface area contributed by atoms with Gasteiger partial charge in [0.2, 0.25) is 0 Å². The van der Waals surface area contributed by atoms with E-state index in [-0.39, 0.29) is 5.41 Å². The van der Waals surface area contributed by atoms with Gasteiger partial charge in [0.25, 0.3) is 0 Å². The van der Waals surface area contributed by atoms with Gasteiger partial charge in [-0.25, -0.2) is 9.97 Å². The number of aromatic nitrogens is 2. The highest BCUT2D eigenvalue weighted by atomic mass is 16.3. The van der Waals surface area contributed by atoms with E-state index in [4.69, 9.17) is 14.4 Å². The SMILES string of the molecule is CC1(C)c2cc3ccccc3cc2-c2cccc(-c3ccc(-c4nc(-c5ccccc5)cc(-c5ccc6c(c5)oc5ccccc56)n4)c4ccccc34)c21. The number of rotatable bonds is 4. The Morgan fingerprint density at radius 3 is 1.81 bits per heavy atom. The van der Waals surface area contributed by atoms with Crippen molar-refractivity contribution in [3.63, 3.8) is 0 Å². The van der Waals surface area contributed by atoms with Crippen LogP contribution in [0.15, 0.2) is 174 Å². The van der Waals surface area contributed by atoms with Crippen LogP contribution < -0.4 is 0 Å². The van der Waals surface area contributed by atoms with Gasteiger partial charge < -0.3 is 4.42 Å². The number of nitrogens with zero attached hydrogens (tertiary/aromatic N) is 2. The largest absolute Gasteiger partial charge is 0.456 e. The zero-order valence-electron chi connectivity index (χ0n) is 30.0. The predicted molar refractivity (Wildman–Crippen MR) is 224 cm³/mol. The van der Waals surface area contributed by atoms with E-state index < -0.39 is 0 Å². The molecule has 0 radical (unpaired) electrons. The van der Waals surface area contributed by atoms with Crippen LogP contribution in [-0.2, 0) is 5.41 Å². The van der Waals surface area contributed by atoms with Crippen LogP contribution in [-0.4, -0.2) is 9.97 Å². The molecule has 10 aromatic rings. The predicted octanol–water partition coefficient (Wildman–Crippen LogP) is 13.7. The van der Waals surface area contributed by atoms with Crippen molar-refractivity contribution in [3.05, 3.63) is 181 Å². The van der Waals surface area contributed by atoms with Crippen LogP contribution in [0.3, 0.4) is 0 Å². The maximum Gasteiger partial charge on any atom is 0.161 e. The average molecular weight is 691 g/mol. The summed E-state index contributed by atoms with van der Waals surface area (Å²) in [5, 5.41) is 7.07. The van der Waals surface area contributed by atoms with Crippen molar-refractivity contribution in [2.75, 3.05) is 0 Å². The second-order valence-electron chi connectivity index (χ2n) is 14.9. The normalized spacial score (nSPS) is 13.1. The Hall–Kier alpha value is -6.84. The van der Waals surface area contributed by atoms with Crippen LogP contribution in [0.25, 0.3) is 99.6 Å². The first-order chi connectivity index (χ1) is 26.5. The zero-order chi connectivity index (χ0) is 36.0. The van der Waals surface area contributed by atoms with Gasteiger partial charge in [-0.2, -0.15) is 0 Å². The van der Waals surface area contributed by atoms with Crippen molar-refractivity contribution in [1.82, 2.24) is 9.97 Å². The quantitative estimate of drug-likeness (QED) is 0.184. The summed E-state index contributed by atoms with van der Waals surface area (Å²) in [4.78, 5) is 10.5. The molecule has 2 aromatic heterocycles. The third-order valence-electron chi connectivity index (χ3n) is 11.5. The number of hydrogen-bond donors (Lipinski definition) is 0. The van der Waals surface area contributed by atoms with E-state index in [1.165, 1.54) is 49.5 Å². The summed E-state index contributed by atoms with van der Waals surface area (Å²) in [5.41, 5.74) is 14.2. The molecule has 8 aromatic carbocycles. The minimum Gasteiger partial charge on any atom is -0.456 e. The highest BCUT2D eigenvalue weighted by molar-refractivity contribution is 6.08. The molecule has 0 atom stereocenters. The topological polar surface area (TPSA) is 38.9 Å². The van der Waals surface area contributed by atoms with Crippen LogP contribution >= 0.6 is 0 Å². The van der Waals surface area contributed by atoms with Gasteiger partial charge in [-0.1, -0.05) is 141 Å². The molecule has 1 aliphatic carbocycles. The van der Waals surface area contributed by atoms with Gasteiger partial charge in [0, 0.05) is 32.9 Å². The van der Waals surface area contributed by atoms with Crippen LogP contribution in [0.2, 0.25) is 0 Å². The standard InChI is InChI=1S/C51H34N2O/c1-51(2)44-28-33-16-7-6-15-32(33)27-43(44)41-21-12-20-40(49(41)51)37-25-26-42(36-18-9-8-17-35(36)37)50-52-45(31-13-4-3-5-14-31)30-46(53-50)34-23-24-39-38-19-10-11-22-47(38)54-48(39)29-34/h3-30H,1-2H3. The molecule has 3 heteroatoms. The fraction of sp³-hybridized carbons (Fsp3) is 0.0588. The Labute approximate surface area is 313 Å². The number of hydrogen-bond acceptors (Lipinski definition) is 3. The van der Waals surface area contributed by atoms with Crippen molar-refractivity contribution >= 4 is 43.5 Å². The van der Waals surface area contributed by atoms with Gasteiger partial charge >= 0.3 is 0 Å². The molecule has 254 valence electrons. The Morgan fingerprint density at radius 2 is 1.02 bits per heavy atom. The maximum atomic E-state index is 6.30. The molecule has 0 spiro atoms. The Bertz CT molecular complexity index is 3130. The highest BCUT2D eigenvalue weighted by Crippen LogP contribution is 2.54. The molecule has 2 heterocycles. The lowest BCUT2D eigenvalue weighted by Crippen LogP contribution is -2.16. The molecule has 0 saturated heterocycles. The molecule has 0 fully saturated rings. The third-order valence-corrected chi connectivity index (χ3v) is 11.5. The van der Waals surface area contributed by atoms with Crippen molar-refractivity contribution in [2.24, 2.45) is 0 Å². The minimum atomic E-state index is -0.173. The summed E-state index contributed by atoms with van der Waals surface area (Å²) in [6.45, 7) is 4.75. The average Bonchev–Trinajstić information content (AvgIpc) is 3.71. The summed E-state index contributed by atoms with van der Waals surface area (Å²) >= 11 is 0. The lowest BCUT2D eigenvalue weighted by molar-refractivity contribution is 0.663. The molecule has 0 N–H and O–H groups in total. The van der Waals surface area contributed by atoms with Gasteiger partial charge in [0.15, 0.2) is 5.82 Å². The second kappa shape index (κ2) is 11.6. The summed E-state index contributed by atoms with van der Waals surface area (Å²) in [7, 11) is 0. The Balaban J connectivity index is 1.10. The molecule has 11 rings (SSSR count). The number of fused-ring (bicyclic) bond motifs is 8. The summed E-state index contributed by atoms with van der Waals surface area (Å²) in [6, 6.07) is 60.5. The van der Waals surface area contributed by atoms with Crippen LogP contribution in [0.5, 0.6) is 0 Å². The smallest absolute Gasteiger partial charge is 0.161 e. The van der Waals surface area contributed by atoms with Gasteiger partial charge in [-0.3, -0.25) is 0 Å². The van der Waals surface area contributed by atoms with Crippen molar-refractivity contribution in [2.45, 2.75) is 19.3 Å². The van der Waals surface area contributed by atoms with Crippen molar-refractivity contribution in [3.8, 4) is 56.2 Å². The van der Waals surface area contributed by atoms with Gasteiger partial charge in [-0.05, 0) is 97.4 Å². The van der Waals surface area contributed by atoms with Crippen LogP contribution in [0.1, 0.15) is 25.0 Å². The molecule has 0 amide bonds. The highest BCUT2D eigenvalue weighted by Gasteiger charge is 2.38. The molecule has 54 heavy (non-hydrogen) atoms. The van der Waals surface area contributed by atoms with Gasteiger partial charge in [0.05, 0.1) is 11.4 Å². The van der Waals surface area contributed by atoms with E-state index in [1.807, 2.05) is 18.2 Å². The third kappa shape index (κ3) is 4.61. The van der Waals surface area contributed by atoms with E-state index in [9.17, 15) is 0 Å². The summed E-state index contributed by atoms with van der Waals surface area (Å²) in [5.74, 6) is 0.691. The molecule has 3 nitrogen and oxygen atoms in total. The Kier molecular flexibility index (Phi) is 6.60. The van der Waals surface area contributed by atoms with E-state index in [0.29, 0.717) is 5.82 Å². The lowest BCUT2D eigenvalue weighted by atomic mass is 9.78. The molecule has 0 saturated carbocycles. The van der Waals surface area contributed by atoms with Crippen LogP contribution in [0.4, 0.5) is 0 Å². The van der Waals surface area contributed by atoms with E-state index in [1.54, 1.807) is 0 Å². The second-order valence-corrected chi connectivity index (χ2v) is 14.9. The first-order valence-electron chi connectivity index (χ1n) is 18.6. The number of benzene rings is 8. The van der Waals surface area contributed by atoms with E-state index in [0.717, 1.165) is 55.4 Å². The minimum absolute atomic E-state index is 0.173. The molecule has 0 bridgehead atoms. The summed E-state index contributed by atoms with van der Waals surface area (Å²) < 4.78 is 6.30.